The number of hydrogen-bond acceptors (Lipinski definition) is 4. The fourth-order valence-corrected chi connectivity index (χ4v) is 2.16. The number of nitrogens with zero attached hydrogens (tertiary/aromatic N) is 3. The van der Waals surface area contributed by atoms with Crippen molar-refractivity contribution in [1.29, 1.82) is 0 Å². The second-order valence-corrected chi connectivity index (χ2v) is 4.04. The highest BCUT2D eigenvalue weighted by molar-refractivity contribution is 6.35. The standard InChI is InChI=1S/C9H5Cl2N3O2/c10-7-4-3-12-8(11)6-5(4)14(1-2-16-6)9(15)13-7/h3H,1-2H2. The molecule has 3 heterocycles. The van der Waals surface area contributed by atoms with E-state index in [1.54, 1.807) is 0 Å². The van der Waals surface area contributed by atoms with Crippen LogP contribution in [0.2, 0.25) is 10.3 Å². The highest BCUT2D eigenvalue weighted by Gasteiger charge is 2.20. The molecule has 2 aromatic heterocycles. The molecule has 0 radical (unpaired) electrons. The molecule has 1 aliphatic heterocycles. The summed E-state index contributed by atoms with van der Waals surface area (Å²) in [6.07, 6.45) is 1.49. The van der Waals surface area contributed by atoms with E-state index in [-0.39, 0.29) is 10.3 Å². The van der Waals surface area contributed by atoms with E-state index < -0.39 is 5.69 Å². The Hall–Kier alpha value is -1.33. The fraction of sp³-hybridized carbons (Fsp3) is 0.222. The molecule has 0 atom stereocenters. The van der Waals surface area contributed by atoms with Gasteiger partial charge < -0.3 is 4.74 Å². The zero-order valence-electron chi connectivity index (χ0n) is 7.91. The van der Waals surface area contributed by atoms with E-state index in [1.807, 2.05) is 0 Å². The molecule has 82 valence electrons. The van der Waals surface area contributed by atoms with Crippen LogP contribution in [0, 0.1) is 0 Å². The summed E-state index contributed by atoms with van der Waals surface area (Å²) >= 11 is 11.8. The zero-order chi connectivity index (χ0) is 11.3. The van der Waals surface area contributed by atoms with Gasteiger partial charge in [-0.2, -0.15) is 4.98 Å². The van der Waals surface area contributed by atoms with E-state index in [9.17, 15) is 4.79 Å². The summed E-state index contributed by atoms with van der Waals surface area (Å²) in [4.78, 5) is 19.3. The van der Waals surface area contributed by atoms with Gasteiger partial charge in [-0.05, 0) is 0 Å². The van der Waals surface area contributed by atoms with Crippen LogP contribution >= 0.6 is 23.2 Å². The summed E-state index contributed by atoms with van der Waals surface area (Å²) in [5.74, 6) is 0.395. The first-order chi connectivity index (χ1) is 7.68. The Balaban J connectivity index is 2.60. The quantitative estimate of drug-likeness (QED) is 0.530. The SMILES string of the molecule is O=c1nc(Cl)c2cnc(Cl)c3c2n1CCO3. The molecule has 0 unspecified atom stereocenters. The van der Waals surface area contributed by atoms with Crippen LogP contribution in [0.15, 0.2) is 11.0 Å². The van der Waals surface area contributed by atoms with Crippen molar-refractivity contribution in [2.45, 2.75) is 6.54 Å². The lowest BCUT2D eigenvalue weighted by Crippen LogP contribution is -2.29. The van der Waals surface area contributed by atoms with Crippen molar-refractivity contribution in [3.8, 4) is 5.75 Å². The van der Waals surface area contributed by atoms with Crippen LogP contribution in [0.4, 0.5) is 0 Å². The number of aromatic nitrogens is 3. The molecule has 3 rings (SSSR count). The topological polar surface area (TPSA) is 57.0 Å². The molecular formula is C9H5Cl2N3O2. The summed E-state index contributed by atoms with van der Waals surface area (Å²) in [7, 11) is 0. The van der Waals surface area contributed by atoms with Crippen molar-refractivity contribution in [1.82, 2.24) is 14.5 Å². The average Bonchev–Trinajstić information content (AvgIpc) is 2.27. The summed E-state index contributed by atoms with van der Waals surface area (Å²) in [5.41, 5.74) is 0.167. The molecule has 0 N–H and O–H groups in total. The third kappa shape index (κ3) is 1.22. The second kappa shape index (κ2) is 3.33. The second-order valence-electron chi connectivity index (χ2n) is 3.33. The molecule has 0 saturated carbocycles. The van der Waals surface area contributed by atoms with Gasteiger partial charge in [0, 0.05) is 6.20 Å². The molecular weight excluding hydrogens is 253 g/mol. The largest absolute Gasteiger partial charge is 0.486 e. The molecule has 0 saturated heterocycles. The lowest BCUT2D eigenvalue weighted by molar-refractivity contribution is 0.282. The third-order valence-electron chi connectivity index (χ3n) is 2.44. The van der Waals surface area contributed by atoms with E-state index in [4.69, 9.17) is 27.9 Å². The van der Waals surface area contributed by atoms with Crippen LogP contribution in [0.1, 0.15) is 0 Å². The smallest absolute Gasteiger partial charge is 0.349 e. The van der Waals surface area contributed by atoms with Crippen LogP contribution in [0.5, 0.6) is 5.75 Å². The highest BCUT2D eigenvalue weighted by Crippen LogP contribution is 2.34. The number of ether oxygens (including phenoxy) is 1. The van der Waals surface area contributed by atoms with Gasteiger partial charge in [0.05, 0.1) is 11.9 Å². The molecule has 0 aromatic carbocycles. The van der Waals surface area contributed by atoms with Crippen LogP contribution in [-0.4, -0.2) is 21.1 Å². The minimum atomic E-state index is -0.399. The predicted molar refractivity (Wildman–Crippen MR) is 59.3 cm³/mol. The third-order valence-corrected chi connectivity index (χ3v) is 3.00. The normalized spacial score (nSPS) is 13.9. The Morgan fingerprint density at radius 1 is 1.38 bits per heavy atom. The highest BCUT2D eigenvalue weighted by atomic mass is 35.5. The van der Waals surface area contributed by atoms with E-state index in [0.717, 1.165) is 0 Å². The van der Waals surface area contributed by atoms with Crippen molar-refractivity contribution < 1.29 is 4.74 Å². The predicted octanol–water partition coefficient (Wildman–Crippen LogP) is 1.49. The molecule has 7 heteroatoms. The van der Waals surface area contributed by atoms with Crippen molar-refractivity contribution >= 4 is 34.1 Å². The summed E-state index contributed by atoms with van der Waals surface area (Å²) in [6, 6.07) is 0. The zero-order valence-corrected chi connectivity index (χ0v) is 9.42. The van der Waals surface area contributed by atoms with Crippen LogP contribution in [0.25, 0.3) is 10.9 Å². The van der Waals surface area contributed by atoms with E-state index in [2.05, 4.69) is 9.97 Å². The van der Waals surface area contributed by atoms with Crippen molar-refractivity contribution in [2.24, 2.45) is 0 Å². The maximum atomic E-state index is 11.6. The Kier molecular flexibility index (Phi) is 2.05. The van der Waals surface area contributed by atoms with Gasteiger partial charge in [0.2, 0.25) is 0 Å². The Morgan fingerprint density at radius 3 is 3.00 bits per heavy atom. The molecule has 0 aliphatic carbocycles. The first kappa shape index (κ1) is 9.86. The summed E-state index contributed by atoms with van der Waals surface area (Å²) in [6.45, 7) is 0.809. The minimum Gasteiger partial charge on any atom is -0.486 e. The number of rotatable bonds is 0. The van der Waals surface area contributed by atoms with E-state index >= 15 is 0 Å². The lowest BCUT2D eigenvalue weighted by atomic mass is 10.2. The van der Waals surface area contributed by atoms with Crippen molar-refractivity contribution in [3.63, 3.8) is 0 Å². The molecule has 2 aromatic rings. The van der Waals surface area contributed by atoms with E-state index in [0.29, 0.717) is 29.8 Å². The van der Waals surface area contributed by atoms with Gasteiger partial charge in [0.15, 0.2) is 10.9 Å². The summed E-state index contributed by atoms with van der Waals surface area (Å²) in [5, 5.41) is 0.912. The minimum absolute atomic E-state index is 0.118. The number of hydrogen-bond donors (Lipinski definition) is 0. The Bertz CT molecular complexity index is 653. The van der Waals surface area contributed by atoms with Gasteiger partial charge in [-0.25, -0.2) is 9.78 Å². The molecule has 0 fully saturated rings. The summed E-state index contributed by atoms with van der Waals surface area (Å²) < 4.78 is 6.89. The first-order valence-corrected chi connectivity index (χ1v) is 5.31. The first-order valence-electron chi connectivity index (χ1n) is 4.56. The molecule has 1 aliphatic rings. The van der Waals surface area contributed by atoms with Crippen LogP contribution in [-0.2, 0) is 6.54 Å². The van der Waals surface area contributed by atoms with Gasteiger partial charge in [-0.1, -0.05) is 23.2 Å². The number of pyridine rings is 1. The number of halogens is 2. The molecule has 0 spiro atoms. The van der Waals surface area contributed by atoms with Crippen LogP contribution in [0.3, 0.4) is 0 Å². The van der Waals surface area contributed by atoms with Gasteiger partial charge >= 0.3 is 5.69 Å². The molecule has 0 bridgehead atoms. The van der Waals surface area contributed by atoms with E-state index in [1.165, 1.54) is 10.8 Å². The van der Waals surface area contributed by atoms with Gasteiger partial charge in [0.25, 0.3) is 0 Å². The maximum Gasteiger partial charge on any atom is 0.349 e. The molecule has 5 nitrogen and oxygen atoms in total. The lowest BCUT2D eigenvalue weighted by Gasteiger charge is -2.19. The van der Waals surface area contributed by atoms with Crippen molar-refractivity contribution in [3.05, 3.63) is 27.0 Å². The van der Waals surface area contributed by atoms with Crippen LogP contribution < -0.4 is 10.4 Å². The Morgan fingerprint density at radius 2 is 2.19 bits per heavy atom. The fourth-order valence-electron chi connectivity index (χ4n) is 1.75. The molecule has 16 heavy (non-hydrogen) atoms. The average molecular weight is 258 g/mol. The van der Waals surface area contributed by atoms with Gasteiger partial charge in [0.1, 0.15) is 17.3 Å². The van der Waals surface area contributed by atoms with Crippen molar-refractivity contribution in [2.75, 3.05) is 6.61 Å². The monoisotopic (exact) mass is 257 g/mol. The van der Waals surface area contributed by atoms with Gasteiger partial charge in [-0.3, -0.25) is 4.57 Å². The van der Waals surface area contributed by atoms with Gasteiger partial charge in [-0.15, -0.1) is 0 Å². The Labute approximate surface area is 99.6 Å². The molecule has 0 amide bonds. The maximum absolute atomic E-state index is 11.6.